The molecule has 0 aromatic carbocycles. The van der Waals surface area contributed by atoms with Crippen molar-refractivity contribution < 1.29 is 30.9 Å². The number of halogens is 2. The fraction of sp³-hybridized carbons (Fsp3) is 0.700. The molecule has 8 heteroatoms. The zero-order valence-corrected chi connectivity index (χ0v) is 11.4. The number of rotatable bonds is 5. The summed E-state index contributed by atoms with van der Waals surface area (Å²) in [4.78, 5) is 11.2. The third kappa shape index (κ3) is 9.06. The highest BCUT2D eigenvalue weighted by Crippen LogP contribution is 2.16. The third-order valence-electron chi connectivity index (χ3n) is 1.41. The van der Waals surface area contributed by atoms with Gasteiger partial charge >= 0.3 is 5.97 Å². The van der Waals surface area contributed by atoms with Crippen molar-refractivity contribution in [2.45, 2.75) is 32.8 Å². The number of hydrogen-bond acceptors (Lipinski definition) is 5. The SMILES string of the molecule is CC(C)(C)OC(=O)C/C(F)=C(\F)COS(C)(=O)=O. The summed E-state index contributed by atoms with van der Waals surface area (Å²) >= 11 is 0. The molecule has 0 aliphatic carbocycles. The van der Waals surface area contributed by atoms with Crippen molar-refractivity contribution >= 4 is 16.1 Å². The van der Waals surface area contributed by atoms with Crippen LogP contribution in [0.25, 0.3) is 0 Å². The fourth-order valence-electron chi connectivity index (χ4n) is 0.837. The van der Waals surface area contributed by atoms with Crippen LogP contribution in [-0.4, -0.2) is 32.9 Å². The molecular weight excluding hydrogens is 270 g/mol. The lowest BCUT2D eigenvalue weighted by molar-refractivity contribution is -0.154. The van der Waals surface area contributed by atoms with Crippen molar-refractivity contribution in [3.63, 3.8) is 0 Å². The van der Waals surface area contributed by atoms with Gasteiger partial charge in [0.25, 0.3) is 10.1 Å². The van der Waals surface area contributed by atoms with E-state index in [1.54, 1.807) is 20.8 Å². The molecule has 0 amide bonds. The molecule has 0 N–H and O–H groups in total. The van der Waals surface area contributed by atoms with E-state index < -0.39 is 46.4 Å². The molecular formula is C10H16F2O5S. The van der Waals surface area contributed by atoms with E-state index in [0.717, 1.165) is 0 Å². The maximum atomic E-state index is 13.1. The zero-order valence-electron chi connectivity index (χ0n) is 10.6. The quantitative estimate of drug-likeness (QED) is 0.570. The number of hydrogen-bond donors (Lipinski definition) is 0. The van der Waals surface area contributed by atoms with E-state index in [0.29, 0.717) is 6.26 Å². The second kappa shape index (κ2) is 6.24. The largest absolute Gasteiger partial charge is 0.460 e. The normalized spacial score (nSPS) is 14.1. The van der Waals surface area contributed by atoms with Crippen LogP contribution >= 0.6 is 0 Å². The molecule has 0 bridgehead atoms. The number of esters is 1. The van der Waals surface area contributed by atoms with E-state index >= 15 is 0 Å². The van der Waals surface area contributed by atoms with Crippen LogP contribution in [0.5, 0.6) is 0 Å². The second-order valence-corrected chi connectivity index (χ2v) is 6.18. The van der Waals surface area contributed by atoms with Crippen LogP contribution in [0.15, 0.2) is 11.7 Å². The van der Waals surface area contributed by atoms with Crippen molar-refractivity contribution in [3.05, 3.63) is 11.7 Å². The summed E-state index contributed by atoms with van der Waals surface area (Å²) in [7, 11) is -3.87. The van der Waals surface area contributed by atoms with Crippen LogP contribution in [-0.2, 0) is 23.8 Å². The van der Waals surface area contributed by atoms with Gasteiger partial charge in [0.05, 0.1) is 6.26 Å². The first-order valence-corrected chi connectivity index (χ1v) is 6.81. The molecule has 0 aromatic rings. The summed E-state index contributed by atoms with van der Waals surface area (Å²) in [5.74, 6) is -3.81. The van der Waals surface area contributed by atoms with Crippen LogP contribution in [0.2, 0.25) is 0 Å². The highest BCUT2D eigenvalue weighted by atomic mass is 32.2. The smallest absolute Gasteiger partial charge is 0.313 e. The van der Waals surface area contributed by atoms with Crippen LogP contribution in [0.1, 0.15) is 27.2 Å². The Balaban J connectivity index is 4.45. The molecule has 0 radical (unpaired) electrons. The molecule has 0 spiro atoms. The van der Waals surface area contributed by atoms with E-state index in [1.807, 2.05) is 0 Å². The molecule has 0 aromatic heterocycles. The standard InChI is InChI=1S/C10H16F2O5S/c1-10(2,3)17-9(13)5-7(11)8(12)6-16-18(4,14)15/h5-6H2,1-4H3/b8-7+. The Kier molecular flexibility index (Phi) is 5.88. The summed E-state index contributed by atoms with van der Waals surface area (Å²) in [6.45, 7) is 3.66. The Hall–Kier alpha value is -1.02. The van der Waals surface area contributed by atoms with Gasteiger partial charge in [-0.25, -0.2) is 8.78 Å². The average Bonchev–Trinajstić information content (AvgIpc) is 2.09. The molecule has 0 heterocycles. The van der Waals surface area contributed by atoms with Gasteiger partial charge in [0.1, 0.15) is 24.5 Å². The van der Waals surface area contributed by atoms with Gasteiger partial charge in [-0.05, 0) is 20.8 Å². The Morgan fingerprint density at radius 3 is 2.06 bits per heavy atom. The van der Waals surface area contributed by atoms with Gasteiger partial charge in [-0.1, -0.05) is 0 Å². The Labute approximate surface area is 105 Å². The summed E-state index contributed by atoms with van der Waals surface area (Å²) < 4.78 is 56.0. The van der Waals surface area contributed by atoms with Gasteiger partial charge in [0.15, 0.2) is 5.83 Å². The molecule has 0 aliphatic rings. The van der Waals surface area contributed by atoms with Crippen LogP contribution < -0.4 is 0 Å². The first-order chi connectivity index (χ1) is 7.91. The van der Waals surface area contributed by atoms with Crippen LogP contribution in [0, 0.1) is 0 Å². The first kappa shape index (κ1) is 17.0. The molecule has 0 saturated heterocycles. The average molecular weight is 286 g/mol. The monoisotopic (exact) mass is 286 g/mol. The maximum absolute atomic E-state index is 13.1. The fourth-order valence-corrected chi connectivity index (χ4v) is 1.15. The first-order valence-electron chi connectivity index (χ1n) is 5.00. The summed E-state index contributed by atoms with van der Waals surface area (Å²) in [6.07, 6.45) is -0.206. The second-order valence-electron chi connectivity index (χ2n) is 4.54. The van der Waals surface area contributed by atoms with Gasteiger partial charge in [0, 0.05) is 0 Å². The topological polar surface area (TPSA) is 69.7 Å². The molecule has 5 nitrogen and oxygen atoms in total. The zero-order chi connectivity index (χ0) is 14.6. The predicted octanol–water partition coefficient (Wildman–Crippen LogP) is 1.85. The van der Waals surface area contributed by atoms with Crippen LogP contribution in [0.4, 0.5) is 8.78 Å². The van der Waals surface area contributed by atoms with Gasteiger partial charge in [0.2, 0.25) is 0 Å². The lowest BCUT2D eigenvalue weighted by atomic mass is 10.2. The molecule has 0 unspecified atom stereocenters. The lowest BCUT2D eigenvalue weighted by Gasteiger charge is -2.19. The third-order valence-corrected chi connectivity index (χ3v) is 1.96. The van der Waals surface area contributed by atoms with Gasteiger partial charge in [-0.3, -0.25) is 8.98 Å². The van der Waals surface area contributed by atoms with E-state index in [1.165, 1.54) is 0 Å². The minimum Gasteiger partial charge on any atom is -0.460 e. The maximum Gasteiger partial charge on any atom is 0.313 e. The predicted molar refractivity (Wildman–Crippen MR) is 60.5 cm³/mol. The van der Waals surface area contributed by atoms with Crippen molar-refractivity contribution in [1.29, 1.82) is 0 Å². The molecule has 0 rings (SSSR count). The van der Waals surface area contributed by atoms with Crippen LogP contribution in [0.3, 0.4) is 0 Å². The van der Waals surface area contributed by atoms with E-state index in [9.17, 15) is 22.0 Å². The molecule has 0 fully saturated rings. The van der Waals surface area contributed by atoms with Crippen molar-refractivity contribution in [3.8, 4) is 0 Å². The minimum absolute atomic E-state index is 0.700. The molecule has 0 atom stereocenters. The van der Waals surface area contributed by atoms with Crippen molar-refractivity contribution in [2.24, 2.45) is 0 Å². The molecule has 0 aliphatic heterocycles. The Bertz CT molecular complexity index is 434. The number of ether oxygens (including phenoxy) is 1. The molecule has 18 heavy (non-hydrogen) atoms. The number of carbonyl (C=O) groups excluding carboxylic acids is 1. The van der Waals surface area contributed by atoms with Gasteiger partial charge < -0.3 is 4.74 Å². The van der Waals surface area contributed by atoms with Crippen molar-refractivity contribution in [2.75, 3.05) is 12.9 Å². The Morgan fingerprint density at radius 1 is 1.17 bits per heavy atom. The number of carbonyl (C=O) groups is 1. The molecule has 106 valence electrons. The highest BCUT2D eigenvalue weighted by Gasteiger charge is 2.20. The molecule has 0 saturated carbocycles. The minimum atomic E-state index is -3.87. The lowest BCUT2D eigenvalue weighted by Crippen LogP contribution is -2.23. The summed E-state index contributed by atoms with van der Waals surface area (Å²) in [6, 6.07) is 0. The van der Waals surface area contributed by atoms with E-state index in [2.05, 4.69) is 4.18 Å². The van der Waals surface area contributed by atoms with Crippen molar-refractivity contribution in [1.82, 2.24) is 0 Å². The van der Waals surface area contributed by atoms with E-state index in [4.69, 9.17) is 4.74 Å². The van der Waals surface area contributed by atoms with E-state index in [-0.39, 0.29) is 0 Å². The summed E-state index contributed by atoms with van der Waals surface area (Å²) in [5.41, 5.74) is -0.808. The van der Waals surface area contributed by atoms with Gasteiger partial charge in [-0.2, -0.15) is 8.42 Å². The van der Waals surface area contributed by atoms with Gasteiger partial charge in [-0.15, -0.1) is 0 Å². The highest BCUT2D eigenvalue weighted by molar-refractivity contribution is 7.85. The summed E-state index contributed by atoms with van der Waals surface area (Å²) in [5, 5.41) is 0. The Morgan fingerprint density at radius 2 is 1.67 bits per heavy atom.